The predicted molar refractivity (Wildman–Crippen MR) is 93.0 cm³/mol. The molecule has 0 aliphatic carbocycles. The van der Waals surface area contributed by atoms with Crippen LogP contribution in [0.1, 0.15) is 22.8 Å². The van der Waals surface area contributed by atoms with E-state index in [9.17, 15) is 22.8 Å². The third kappa shape index (κ3) is 5.62. The number of rotatable bonds is 6. The molecule has 0 bridgehead atoms. The Balaban J connectivity index is 2.02. The fraction of sp³-hybridized carbons (Fsp3) is 0.222. The van der Waals surface area contributed by atoms with E-state index in [2.05, 4.69) is 5.32 Å². The van der Waals surface area contributed by atoms with Crippen molar-refractivity contribution < 1.29 is 32.2 Å². The minimum absolute atomic E-state index is 0.0793. The highest BCUT2D eigenvalue weighted by molar-refractivity contribution is 6.33. The summed E-state index contributed by atoms with van der Waals surface area (Å²) in [5.74, 6) is -1.34. The number of nitrogens with one attached hydrogen (secondary N) is 1. The Hall–Kier alpha value is -2.74. The number of carbonyl (C=O) groups excluding carboxylic acids is 2. The minimum atomic E-state index is -4.58. The zero-order valence-electron chi connectivity index (χ0n) is 14.1. The van der Waals surface area contributed by atoms with Crippen LogP contribution < -0.4 is 10.1 Å². The first-order valence-corrected chi connectivity index (χ1v) is 8.15. The third-order valence-corrected chi connectivity index (χ3v) is 3.64. The summed E-state index contributed by atoms with van der Waals surface area (Å²) in [6.45, 7) is 1.37. The topological polar surface area (TPSA) is 64.6 Å². The van der Waals surface area contributed by atoms with Gasteiger partial charge in [0.1, 0.15) is 11.3 Å². The molecule has 5 nitrogen and oxygen atoms in total. The molecule has 1 amide bonds. The second kappa shape index (κ2) is 8.77. The Morgan fingerprint density at radius 2 is 1.85 bits per heavy atom. The maximum Gasteiger partial charge on any atom is 0.416 e. The first-order chi connectivity index (χ1) is 12.7. The molecule has 0 aliphatic rings. The Morgan fingerprint density at radius 1 is 1.15 bits per heavy atom. The number of alkyl halides is 3. The Bertz CT molecular complexity index is 840. The summed E-state index contributed by atoms with van der Waals surface area (Å²) < 4.78 is 48.4. The lowest BCUT2D eigenvalue weighted by atomic mass is 10.2. The highest BCUT2D eigenvalue weighted by Crippen LogP contribution is 2.33. The van der Waals surface area contributed by atoms with Crippen molar-refractivity contribution in [3.8, 4) is 5.75 Å². The van der Waals surface area contributed by atoms with E-state index < -0.39 is 30.2 Å². The van der Waals surface area contributed by atoms with Crippen molar-refractivity contribution in [2.24, 2.45) is 0 Å². The van der Waals surface area contributed by atoms with Gasteiger partial charge in [0.2, 0.25) is 0 Å². The molecule has 0 fully saturated rings. The van der Waals surface area contributed by atoms with Gasteiger partial charge in [-0.05, 0) is 37.3 Å². The zero-order chi connectivity index (χ0) is 20.0. The van der Waals surface area contributed by atoms with Crippen molar-refractivity contribution in [3.63, 3.8) is 0 Å². The van der Waals surface area contributed by atoms with Crippen LogP contribution in [0.4, 0.5) is 18.9 Å². The van der Waals surface area contributed by atoms with Gasteiger partial charge >= 0.3 is 12.1 Å². The van der Waals surface area contributed by atoms with Gasteiger partial charge in [0, 0.05) is 0 Å². The monoisotopic (exact) mass is 401 g/mol. The van der Waals surface area contributed by atoms with Crippen LogP contribution in [0.2, 0.25) is 5.02 Å². The van der Waals surface area contributed by atoms with Crippen LogP contribution in [0.15, 0.2) is 42.5 Å². The summed E-state index contributed by atoms with van der Waals surface area (Å²) in [6, 6.07) is 8.82. The molecule has 0 saturated carbocycles. The standard InChI is InChI=1S/C18H15ClF3NO4/c1-2-26-15-6-4-3-5-12(15)17(25)27-10-16(24)23-14-9-11(18(20,21)22)7-8-13(14)19/h3-9H,2,10H2,1H3,(H,23,24). The molecule has 2 rings (SSSR count). The number of para-hydroxylation sites is 1. The lowest BCUT2D eigenvalue weighted by Crippen LogP contribution is -2.21. The first-order valence-electron chi connectivity index (χ1n) is 7.78. The molecule has 0 radical (unpaired) electrons. The van der Waals surface area contributed by atoms with Crippen LogP contribution in [0.3, 0.4) is 0 Å². The lowest BCUT2D eigenvalue weighted by Gasteiger charge is -2.12. The molecule has 0 spiro atoms. The SMILES string of the molecule is CCOc1ccccc1C(=O)OCC(=O)Nc1cc(C(F)(F)F)ccc1Cl. The van der Waals surface area contributed by atoms with Crippen molar-refractivity contribution in [1.29, 1.82) is 0 Å². The summed E-state index contributed by atoms with van der Waals surface area (Å²) in [5.41, 5.74) is -1.07. The van der Waals surface area contributed by atoms with E-state index in [1.165, 1.54) is 6.07 Å². The largest absolute Gasteiger partial charge is 0.493 e. The van der Waals surface area contributed by atoms with Gasteiger partial charge in [-0.2, -0.15) is 13.2 Å². The number of esters is 1. The number of carbonyl (C=O) groups is 2. The molecule has 2 aromatic carbocycles. The molecular weight excluding hydrogens is 387 g/mol. The summed E-state index contributed by atoms with van der Waals surface area (Å²) in [5, 5.41) is 2.11. The lowest BCUT2D eigenvalue weighted by molar-refractivity contribution is -0.137. The maximum atomic E-state index is 12.7. The molecule has 9 heteroatoms. The molecule has 0 aromatic heterocycles. The number of anilines is 1. The van der Waals surface area contributed by atoms with Gasteiger partial charge < -0.3 is 14.8 Å². The number of benzene rings is 2. The van der Waals surface area contributed by atoms with E-state index in [0.29, 0.717) is 18.4 Å². The van der Waals surface area contributed by atoms with Crippen LogP contribution in [0, 0.1) is 0 Å². The van der Waals surface area contributed by atoms with Crippen LogP contribution in [0.5, 0.6) is 5.75 Å². The average Bonchev–Trinajstić information content (AvgIpc) is 2.61. The fourth-order valence-electron chi connectivity index (χ4n) is 2.11. The summed E-state index contributed by atoms with van der Waals surface area (Å²) in [7, 11) is 0. The van der Waals surface area contributed by atoms with E-state index in [0.717, 1.165) is 12.1 Å². The zero-order valence-corrected chi connectivity index (χ0v) is 14.9. The van der Waals surface area contributed by atoms with E-state index in [-0.39, 0.29) is 16.3 Å². The van der Waals surface area contributed by atoms with Gasteiger partial charge in [-0.15, -0.1) is 0 Å². The third-order valence-electron chi connectivity index (χ3n) is 3.31. The molecule has 2 aromatic rings. The van der Waals surface area contributed by atoms with Gasteiger partial charge in [-0.25, -0.2) is 4.79 Å². The highest BCUT2D eigenvalue weighted by atomic mass is 35.5. The normalized spacial score (nSPS) is 11.0. The molecule has 0 unspecified atom stereocenters. The van der Waals surface area contributed by atoms with Gasteiger partial charge in [0.15, 0.2) is 6.61 Å². The summed E-state index contributed by atoms with van der Waals surface area (Å²) in [4.78, 5) is 24.0. The van der Waals surface area contributed by atoms with Gasteiger partial charge in [0.25, 0.3) is 5.91 Å². The number of hydrogen-bond acceptors (Lipinski definition) is 4. The van der Waals surface area contributed by atoms with Crippen LogP contribution in [-0.2, 0) is 15.7 Å². The van der Waals surface area contributed by atoms with E-state index >= 15 is 0 Å². The van der Waals surface area contributed by atoms with Gasteiger partial charge in [-0.1, -0.05) is 23.7 Å². The van der Waals surface area contributed by atoms with Gasteiger partial charge in [-0.3, -0.25) is 4.79 Å². The molecule has 144 valence electrons. The Labute approximate surface area is 158 Å². The molecule has 0 heterocycles. The van der Waals surface area contributed by atoms with Crippen molar-refractivity contribution >= 4 is 29.2 Å². The van der Waals surface area contributed by atoms with Crippen molar-refractivity contribution in [3.05, 3.63) is 58.6 Å². The van der Waals surface area contributed by atoms with Crippen molar-refractivity contribution in [2.45, 2.75) is 13.1 Å². The number of amides is 1. The van der Waals surface area contributed by atoms with E-state index in [1.54, 1.807) is 25.1 Å². The molecular formula is C18H15ClF3NO4. The van der Waals surface area contributed by atoms with Crippen molar-refractivity contribution in [1.82, 2.24) is 0 Å². The Morgan fingerprint density at radius 3 is 2.52 bits per heavy atom. The second-order valence-corrected chi connectivity index (χ2v) is 5.65. The van der Waals surface area contributed by atoms with Crippen molar-refractivity contribution in [2.75, 3.05) is 18.5 Å². The molecule has 1 N–H and O–H groups in total. The number of halogens is 4. The molecule has 0 aliphatic heterocycles. The summed E-state index contributed by atoms with van der Waals surface area (Å²) in [6.07, 6.45) is -4.58. The smallest absolute Gasteiger partial charge is 0.416 e. The predicted octanol–water partition coefficient (Wildman–Crippen LogP) is 4.55. The average molecular weight is 402 g/mol. The first kappa shape index (κ1) is 20.6. The number of hydrogen-bond donors (Lipinski definition) is 1. The fourth-order valence-corrected chi connectivity index (χ4v) is 2.27. The number of ether oxygens (including phenoxy) is 2. The maximum absolute atomic E-state index is 12.7. The van der Waals surface area contributed by atoms with E-state index in [4.69, 9.17) is 21.1 Å². The molecule has 0 saturated heterocycles. The highest BCUT2D eigenvalue weighted by Gasteiger charge is 2.31. The Kier molecular flexibility index (Phi) is 6.68. The minimum Gasteiger partial charge on any atom is -0.493 e. The van der Waals surface area contributed by atoms with Crippen LogP contribution in [-0.4, -0.2) is 25.1 Å². The van der Waals surface area contributed by atoms with Crippen LogP contribution >= 0.6 is 11.6 Å². The quantitative estimate of drug-likeness (QED) is 0.721. The van der Waals surface area contributed by atoms with Crippen LogP contribution in [0.25, 0.3) is 0 Å². The summed E-state index contributed by atoms with van der Waals surface area (Å²) >= 11 is 5.80. The molecule has 0 atom stereocenters. The van der Waals surface area contributed by atoms with E-state index in [1.807, 2.05) is 0 Å². The van der Waals surface area contributed by atoms with Gasteiger partial charge in [0.05, 0.1) is 22.9 Å². The second-order valence-electron chi connectivity index (χ2n) is 5.25. The molecule has 27 heavy (non-hydrogen) atoms.